The van der Waals surface area contributed by atoms with Crippen LogP contribution in [0, 0.1) is 0 Å². The first-order valence-electron chi connectivity index (χ1n) is 8.97. The maximum atomic E-state index is 5.26. The minimum absolute atomic E-state index is 0. The lowest BCUT2D eigenvalue weighted by molar-refractivity contribution is 0.415. The van der Waals surface area contributed by atoms with Crippen molar-refractivity contribution < 1.29 is 4.74 Å². The van der Waals surface area contributed by atoms with Crippen molar-refractivity contribution in [2.24, 2.45) is 0 Å². The lowest BCUT2D eigenvalue weighted by Crippen LogP contribution is -2.21. The molecule has 1 N–H and O–H groups in total. The maximum absolute atomic E-state index is 5.26. The monoisotopic (exact) mass is 397 g/mol. The van der Waals surface area contributed by atoms with E-state index in [0.717, 1.165) is 52.3 Å². The molecule has 0 saturated carbocycles. The summed E-state index contributed by atoms with van der Waals surface area (Å²) in [5, 5.41) is 9.15. The molecule has 0 spiro atoms. The zero-order valence-electron chi connectivity index (χ0n) is 16.2. The second kappa shape index (κ2) is 8.46. The SMILES string of the molecule is COc1ccc(-c2cnn3c2nc(NCCN(C)C)c2ccccc23)cc1.Cl. The Labute approximate surface area is 170 Å². The highest BCUT2D eigenvalue weighted by molar-refractivity contribution is 5.93. The number of halogens is 1. The van der Waals surface area contributed by atoms with Crippen LogP contribution < -0.4 is 10.1 Å². The molecule has 0 aliphatic rings. The van der Waals surface area contributed by atoms with E-state index in [-0.39, 0.29) is 12.4 Å². The Kier molecular flexibility index (Phi) is 6.02. The summed E-state index contributed by atoms with van der Waals surface area (Å²) in [6.07, 6.45) is 1.88. The minimum atomic E-state index is 0. The van der Waals surface area contributed by atoms with Crippen molar-refractivity contribution >= 4 is 34.8 Å². The zero-order valence-corrected chi connectivity index (χ0v) is 17.0. The molecule has 28 heavy (non-hydrogen) atoms. The first-order valence-corrected chi connectivity index (χ1v) is 8.97. The van der Waals surface area contributed by atoms with Crippen molar-refractivity contribution in [2.45, 2.75) is 0 Å². The number of ether oxygens (including phenoxy) is 1. The molecule has 7 heteroatoms. The van der Waals surface area contributed by atoms with Crippen LogP contribution in [0.2, 0.25) is 0 Å². The molecule has 0 aliphatic heterocycles. The van der Waals surface area contributed by atoms with E-state index >= 15 is 0 Å². The lowest BCUT2D eigenvalue weighted by atomic mass is 10.1. The van der Waals surface area contributed by atoms with Crippen LogP contribution in [0.5, 0.6) is 5.75 Å². The van der Waals surface area contributed by atoms with Crippen molar-refractivity contribution in [3.63, 3.8) is 0 Å². The number of fused-ring (bicyclic) bond motifs is 3. The summed E-state index contributed by atoms with van der Waals surface area (Å²) < 4.78 is 7.17. The van der Waals surface area contributed by atoms with Crippen molar-refractivity contribution in [1.29, 1.82) is 0 Å². The first kappa shape index (κ1) is 19.9. The van der Waals surface area contributed by atoms with Crippen LogP contribution >= 0.6 is 12.4 Å². The average Bonchev–Trinajstić information content (AvgIpc) is 3.12. The van der Waals surface area contributed by atoms with Gasteiger partial charge in [0.05, 0.1) is 18.8 Å². The summed E-state index contributed by atoms with van der Waals surface area (Å²) >= 11 is 0. The maximum Gasteiger partial charge on any atom is 0.165 e. The second-order valence-corrected chi connectivity index (χ2v) is 6.73. The van der Waals surface area contributed by atoms with Crippen LogP contribution in [0.1, 0.15) is 0 Å². The van der Waals surface area contributed by atoms with E-state index in [1.807, 2.05) is 47.1 Å². The lowest BCUT2D eigenvalue weighted by Gasteiger charge is -2.13. The molecule has 0 atom stereocenters. The number of hydrogen-bond acceptors (Lipinski definition) is 5. The average molecular weight is 398 g/mol. The van der Waals surface area contributed by atoms with Gasteiger partial charge in [0.25, 0.3) is 0 Å². The van der Waals surface area contributed by atoms with Gasteiger partial charge in [-0.3, -0.25) is 0 Å². The molecular formula is C21H24ClN5O. The molecule has 2 aromatic heterocycles. The van der Waals surface area contributed by atoms with E-state index in [2.05, 4.69) is 41.5 Å². The van der Waals surface area contributed by atoms with Gasteiger partial charge in [-0.2, -0.15) is 5.10 Å². The predicted molar refractivity (Wildman–Crippen MR) is 117 cm³/mol. The quantitative estimate of drug-likeness (QED) is 0.533. The molecule has 146 valence electrons. The molecule has 0 aliphatic carbocycles. The van der Waals surface area contributed by atoms with Gasteiger partial charge in [0.1, 0.15) is 11.6 Å². The summed E-state index contributed by atoms with van der Waals surface area (Å²) in [7, 11) is 5.80. The van der Waals surface area contributed by atoms with Crippen LogP contribution in [0.4, 0.5) is 5.82 Å². The Balaban J connectivity index is 0.00000225. The van der Waals surface area contributed by atoms with E-state index in [1.165, 1.54) is 0 Å². The van der Waals surface area contributed by atoms with E-state index in [9.17, 15) is 0 Å². The van der Waals surface area contributed by atoms with Gasteiger partial charge in [-0.1, -0.05) is 24.3 Å². The fourth-order valence-corrected chi connectivity index (χ4v) is 3.16. The first-order chi connectivity index (χ1) is 13.2. The fourth-order valence-electron chi connectivity index (χ4n) is 3.16. The van der Waals surface area contributed by atoms with Gasteiger partial charge in [-0.05, 0) is 43.9 Å². The molecule has 0 amide bonds. The van der Waals surface area contributed by atoms with Gasteiger partial charge in [-0.25, -0.2) is 9.50 Å². The van der Waals surface area contributed by atoms with E-state index in [0.29, 0.717) is 0 Å². The highest BCUT2D eigenvalue weighted by atomic mass is 35.5. The fraction of sp³-hybridized carbons (Fsp3) is 0.238. The standard InChI is InChI=1S/C21H23N5O.ClH/c1-25(2)13-12-22-20-17-6-4-5-7-19(17)26-21(24-20)18(14-23-26)15-8-10-16(27-3)11-9-15;/h4-11,14H,12-13H2,1-3H3,(H,22,24);1H. The molecule has 2 aromatic carbocycles. The summed E-state index contributed by atoms with van der Waals surface area (Å²) in [4.78, 5) is 7.07. The minimum Gasteiger partial charge on any atom is -0.497 e. The van der Waals surface area contributed by atoms with Crippen LogP contribution in [0.25, 0.3) is 27.7 Å². The number of hydrogen-bond donors (Lipinski definition) is 1. The van der Waals surface area contributed by atoms with Crippen LogP contribution in [0.3, 0.4) is 0 Å². The number of nitrogens with zero attached hydrogens (tertiary/aromatic N) is 4. The van der Waals surface area contributed by atoms with Crippen LogP contribution in [-0.2, 0) is 0 Å². The number of nitrogens with one attached hydrogen (secondary N) is 1. The van der Waals surface area contributed by atoms with Gasteiger partial charge >= 0.3 is 0 Å². The van der Waals surface area contributed by atoms with Gasteiger partial charge in [0.2, 0.25) is 0 Å². The molecule has 0 radical (unpaired) electrons. The number of rotatable bonds is 6. The molecule has 4 rings (SSSR count). The summed E-state index contributed by atoms with van der Waals surface area (Å²) in [6.45, 7) is 1.76. The van der Waals surface area contributed by atoms with Crippen LogP contribution in [-0.4, -0.2) is 53.8 Å². The Bertz CT molecular complexity index is 1080. The van der Waals surface area contributed by atoms with Gasteiger partial charge in [-0.15, -0.1) is 12.4 Å². The molecular weight excluding hydrogens is 374 g/mol. The van der Waals surface area contributed by atoms with Gasteiger partial charge in [0.15, 0.2) is 5.65 Å². The third-order valence-corrected chi connectivity index (χ3v) is 4.60. The highest BCUT2D eigenvalue weighted by Crippen LogP contribution is 2.30. The predicted octanol–water partition coefficient (Wildman–Crippen LogP) is 3.95. The van der Waals surface area contributed by atoms with Crippen molar-refractivity contribution in [2.75, 3.05) is 39.6 Å². The summed E-state index contributed by atoms with van der Waals surface area (Å²) in [5.74, 6) is 1.72. The molecule has 2 heterocycles. The zero-order chi connectivity index (χ0) is 18.8. The Morgan fingerprint density at radius 3 is 2.54 bits per heavy atom. The number of aromatic nitrogens is 3. The smallest absolute Gasteiger partial charge is 0.165 e. The van der Waals surface area contributed by atoms with E-state index < -0.39 is 0 Å². The largest absolute Gasteiger partial charge is 0.497 e. The van der Waals surface area contributed by atoms with Crippen molar-refractivity contribution in [1.82, 2.24) is 19.5 Å². The molecule has 4 aromatic rings. The Morgan fingerprint density at radius 2 is 1.82 bits per heavy atom. The second-order valence-electron chi connectivity index (χ2n) is 6.73. The third-order valence-electron chi connectivity index (χ3n) is 4.60. The summed E-state index contributed by atoms with van der Waals surface area (Å²) in [6, 6.07) is 16.2. The van der Waals surface area contributed by atoms with E-state index in [1.54, 1.807) is 7.11 Å². The molecule has 0 bridgehead atoms. The summed E-state index contributed by atoms with van der Waals surface area (Å²) in [5.41, 5.74) is 3.94. The molecule has 6 nitrogen and oxygen atoms in total. The highest BCUT2D eigenvalue weighted by Gasteiger charge is 2.14. The molecule has 0 unspecified atom stereocenters. The van der Waals surface area contributed by atoms with Crippen LogP contribution in [0.15, 0.2) is 54.7 Å². The van der Waals surface area contributed by atoms with Crippen molar-refractivity contribution in [3.05, 3.63) is 54.7 Å². The van der Waals surface area contributed by atoms with Gasteiger partial charge < -0.3 is 15.0 Å². The molecule has 0 fully saturated rings. The topological polar surface area (TPSA) is 54.7 Å². The number of benzene rings is 2. The van der Waals surface area contributed by atoms with E-state index in [4.69, 9.17) is 9.72 Å². The number of methoxy groups -OCH3 is 1. The number of likely N-dealkylation sites (N-methyl/N-ethyl adjacent to an activating group) is 1. The normalized spacial score (nSPS) is 11.0. The van der Waals surface area contributed by atoms with Crippen molar-refractivity contribution in [3.8, 4) is 16.9 Å². The Hall–Kier alpha value is -2.83. The third kappa shape index (κ3) is 3.74. The molecule has 0 saturated heterocycles. The number of anilines is 1. The van der Waals surface area contributed by atoms with Gasteiger partial charge in [0, 0.05) is 24.0 Å². The Morgan fingerprint density at radius 1 is 1.07 bits per heavy atom. The number of para-hydroxylation sites is 1.